The Morgan fingerprint density at radius 2 is 1.71 bits per heavy atom. The minimum absolute atomic E-state index is 0.267. The Morgan fingerprint density at radius 3 is 2.17 bits per heavy atom. The number of likely N-dealkylation sites (tertiary alicyclic amines) is 1. The number of amides is 1. The van der Waals surface area contributed by atoms with Crippen molar-refractivity contribution in [2.24, 2.45) is 5.41 Å². The molecule has 1 saturated heterocycles. The summed E-state index contributed by atoms with van der Waals surface area (Å²) in [6.07, 6.45) is 6.98. The fourth-order valence-corrected chi connectivity index (χ4v) is 4.73. The van der Waals surface area contributed by atoms with E-state index in [1.807, 2.05) is 19.2 Å². The van der Waals surface area contributed by atoms with Crippen LogP contribution in [0.2, 0.25) is 0 Å². The van der Waals surface area contributed by atoms with Crippen molar-refractivity contribution in [1.29, 1.82) is 0 Å². The number of rotatable bonds is 4. The van der Waals surface area contributed by atoms with Gasteiger partial charge in [-0.2, -0.15) is 0 Å². The maximum Gasteiger partial charge on any atom is 0.233 e. The zero-order chi connectivity index (χ0) is 16.8. The van der Waals surface area contributed by atoms with Gasteiger partial charge in [0.05, 0.1) is 18.6 Å². The van der Waals surface area contributed by atoms with Gasteiger partial charge in [0.1, 0.15) is 5.75 Å². The van der Waals surface area contributed by atoms with Gasteiger partial charge in [-0.3, -0.25) is 4.79 Å². The highest BCUT2D eigenvalue weighted by atomic mass is 16.5. The molecule has 2 saturated carbocycles. The van der Waals surface area contributed by atoms with E-state index in [1.165, 1.54) is 12.8 Å². The minimum atomic E-state index is -0.267. The Balaban J connectivity index is 1.44. The summed E-state index contributed by atoms with van der Waals surface area (Å²) in [5, 5.41) is 0. The predicted octanol–water partition coefficient (Wildman–Crippen LogP) is 3.14. The van der Waals surface area contributed by atoms with E-state index in [0.717, 1.165) is 50.1 Å². The van der Waals surface area contributed by atoms with Crippen molar-refractivity contribution in [1.82, 2.24) is 4.90 Å². The fourth-order valence-electron chi connectivity index (χ4n) is 4.73. The van der Waals surface area contributed by atoms with Crippen molar-refractivity contribution in [2.45, 2.75) is 50.0 Å². The monoisotopic (exact) mass is 329 g/mol. The summed E-state index contributed by atoms with van der Waals surface area (Å²) in [6, 6.07) is 8.04. The minimum Gasteiger partial charge on any atom is -0.497 e. The van der Waals surface area contributed by atoms with Crippen LogP contribution < -0.4 is 4.74 Å². The highest BCUT2D eigenvalue weighted by Crippen LogP contribution is 2.53. The van der Waals surface area contributed by atoms with E-state index in [1.54, 1.807) is 7.11 Å². The van der Waals surface area contributed by atoms with Gasteiger partial charge in [-0.15, -0.1) is 0 Å². The maximum atomic E-state index is 13.2. The molecule has 0 radical (unpaired) electrons. The molecule has 24 heavy (non-hydrogen) atoms. The van der Waals surface area contributed by atoms with Gasteiger partial charge in [-0.05, 0) is 56.2 Å². The molecular weight excluding hydrogens is 302 g/mol. The summed E-state index contributed by atoms with van der Waals surface area (Å²) in [5.41, 5.74) is 1.23. The number of hydrogen-bond acceptors (Lipinski definition) is 3. The first-order chi connectivity index (χ1) is 11.6. The topological polar surface area (TPSA) is 38.8 Å². The Morgan fingerprint density at radius 1 is 1.04 bits per heavy atom. The first-order valence-electron chi connectivity index (χ1n) is 9.10. The van der Waals surface area contributed by atoms with Crippen LogP contribution in [-0.2, 0) is 14.9 Å². The van der Waals surface area contributed by atoms with Crippen LogP contribution in [0, 0.1) is 5.41 Å². The van der Waals surface area contributed by atoms with Crippen LogP contribution in [0.5, 0.6) is 5.75 Å². The van der Waals surface area contributed by atoms with E-state index in [4.69, 9.17) is 9.47 Å². The molecule has 0 aromatic heterocycles. The molecule has 1 aromatic rings. The molecule has 1 amide bonds. The molecule has 4 rings (SSSR count). The van der Waals surface area contributed by atoms with Gasteiger partial charge in [0.25, 0.3) is 0 Å². The summed E-state index contributed by atoms with van der Waals surface area (Å²) >= 11 is 0. The number of carbonyl (C=O) groups is 1. The molecule has 3 fully saturated rings. The third kappa shape index (κ3) is 2.34. The molecule has 1 aromatic carbocycles. The van der Waals surface area contributed by atoms with E-state index in [2.05, 4.69) is 17.0 Å². The van der Waals surface area contributed by atoms with E-state index in [0.29, 0.717) is 17.4 Å². The number of hydrogen-bond donors (Lipinski definition) is 0. The highest BCUT2D eigenvalue weighted by Gasteiger charge is 2.55. The molecule has 4 nitrogen and oxygen atoms in total. The summed E-state index contributed by atoms with van der Waals surface area (Å²) in [7, 11) is 3.50. The van der Waals surface area contributed by atoms with Crippen LogP contribution in [0.15, 0.2) is 24.3 Å². The second-order valence-corrected chi connectivity index (χ2v) is 7.73. The second kappa shape index (κ2) is 5.76. The van der Waals surface area contributed by atoms with Crippen molar-refractivity contribution in [3.05, 3.63) is 29.8 Å². The van der Waals surface area contributed by atoms with E-state index < -0.39 is 0 Å². The van der Waals surface area contributed by atoms with Crippen LogP contribution in [0.3, 0.4) is 0 Å². The summed E-state index contributed by atoms with van der Waals surface area (Å²) in [5.74, 6) is 1.17. The Labute approximate surface area is 144 Å². The first-order valence-corrected chi connectivity index (χ1v) is 9.10. The van der Waals surface area contributed by atoms with Crippen molar-refractivity contribution in [3.63, 3.8) is 0 Å². The first kappa shape index (κ1) is 15.9. The number of carbonyl (C=O) groups excluding carboxylic acids is 1. The molecule has 3 aliphatic rings. The number of benzene rings is 1. The van der Waals surface area contributed by atoms with Crippen LogP contribution in [0.25, 0.3) is 0 Å². The summed E-state index contributed by atoms with van der Waals surface area (Å²) < 4.78 is 10.9. The van der Waals surface area contributed by atoms with Gasteiger partial charge in [-0.25, -0.2) is 0 Å². The Hall–Kier alpha value is -1.55. The zero-order valence-electron chi connectivity index (χ0n) is 14.7. The van der Waals surface area contributed by atoms with Gasteiger partial charge in [0.15, 0.2) is 0 Å². The quantitative estimate of drug-likeness (QED) is 0.852. The van der Waals surface area contributed by atoms with Crippen LogP contribution in [0.1, 0.15) is 44.1 Å². The predicted molar refractivity (Wildman–Crippen MR) is 92.2 cm³/mol. The molecular formula is C20H27NO3. The number of nitrogens with zero attached hydrogens (tertiary/aromatic N) is 1. The van der Waals surface area contributed by atoms with Crippen molar-refractivity contribution >= 4 is 5.91 Å². The Kier molecular flexibility index (Phi) is 3.83. The molecule has 2 aliphatic carbocycles. The third-order valence-corrected chi connectivity index (χ3v) is 6.72. The van der Waals surface area contributed by atoms with Crippen molar-refractivity contribution in [2.75, 3.05) is 27.3 Å². The van der Waals surface area contributed by atoms with Gasteiger partial charge in [0.2, 0.25) is 5.91 Å². The maximum absolute atomic E-state index is 13.2. The van der Waals surface area contributed by atoms with E-state index >= 15 is 0 Å². The smallest absolute Gasteiger partial charge is 0.233 e. The SMILES string of the molecule is COc1ccc(C2(C(=O)N3CCC4(CCC4OC)CC3)CC2)cc1. The van der Waals surface area contributed by atoms with Crippen molar-refractivity contribution in [3.8, 4) is 5.75 Å². The lowest BCUT2D eigenvalue weighted by Crippen LogP contribution is -2.55. The number of ether oxygens (including phenoxy) is 2. The number of piperidine rings is 1. The molecule has 1 heterocycles. The largest absolute Gasteiger partial charge is 0.497 e. The van der Waals surface area contributed by atoms with Crippen LogP contribution >= 0.6 is 0 Å². The summed E-state index contributed by atoms with van der Waals surface area (Å²) in [6.45, 7) is 1.77. The molecule has 0 N–H and O–H groups in total. The van der Waals surface area contributed by atoms with Crippen LogP contribution in [0.4, 0.5) is 0 Å². The fraction of sp³-hybridized carbons (Fsp3) is 0.650. The molecule has 1 aliphatic heterocycles. The lowest BCUT2D eigenvalue weighted by atomic mass is 9.60. The summed E-state index contributed by atoms with van der Waals surface area (Å²) in [4.78, 5) is 15.3. The third-order valence-electron chi connectivity index (χ3n) is 6.72. The van der Waals surface area contributed by atoms with E-state index in [-0.39, 0.29) is 5.41 Å². The zero-order valence-corrected chi connectivity index (χ0v) is 14.7. The highest BCUT2D eigenvalue weighted by molar-refractivity contribution is 5.91. The second-order valence-electron chi connectivity index (χ2n) is 7.73. The molecule has 1 spiro atoms. The molecule has 130 valence electrons. The normalized spacial score (nSPS) is 26.8. The molecule has 0 bridgehead atoms. The number of methoxy groups -OCH3 is 2. The van der Waals surface area contributed by atoms with Gasteiger partial charge >= 0.3 is 0 Å². The average Bonchev–Trinajstić information content (AvgIpc) is 3.43. The lowest BCUT2D eigenvalue weighted by Gasteiger charge is -2.53. The van der Waals surface area contributed by atoms with Gasteiger partial charge in [0, 0.05) is 25.6 Å². The standard InChI is InChI=1S/C20H27NO3/c1-23-16-5-3-15(4-6-16)20(9-10-20)18(22)21-13-11-19(12-14-21)8-7-17(19)24-2/h3-6,17H,7-14H2,1-2H3. The molecule has 4 heteroatoms. The van der Waals surface area contributed by atoms with Gasteiger partial charge in [-0.1, -0.05) is 12.1 Å². The Bertz CT molecular complexity index is 610. The molecule has 1 unspecified atom stereocenters. The average molecular weight is 329 g/mol. The van der Waals surface area contributed by atoms with Gasteiger partial charge < -0.3 is 14.4 Å². The van der Waals surface area contributed by atoms with Crippen LogP contribution in [-0.4, -0.2) is 44.2 Å². The van der Waals surface area contributed by atoms with E-state index in [9.17, 15) is 4.79 Å². The van der Waals surface area contributed by atoms with Crippen molar-refractivity contribution < 1.29 is 14.3 Å². The molecule has 1 atom stereocenters. The lowest BCUT2D eigenvalue weighted by molar-refractivity contribution is -0.147.